The van der Waals surface area contributed by atoms with Crippen LogP contribution in [0.5, 0.6) is 0 Å². The van der Waals surface area contributed by atoms with Crippen molar-refractivity contribution in [2.45, 2.75) is 48.6 Å². The number of nitrogens with one attached hydrogen (secondary N) is 2. The molecule has 2 aromatic carbocycles. The number of imidazole rings is 2. The lowest BCUT2D eigenvalue weighted by molar-refractivity contribution is 0.676. The Kier molecular flexibility index (Phi) is 14.3. The summed E-state index contributed by atoms with van der Waals surface area (Å²) >= 11 is 0. The van der Waals surface area contributed by atoms with E-state index in [1.165, 1.54) is 0 Å². The van der Waals surface area contributed by atoms with Gasteiger partial charge in [0.2, 0.25) is 5.62 Å². The SMILES string of the molecule is Br.C.CC.CC.CCn1c(=N)n(C)c2ccccc21.Nc1nc2ccccc2[nH]1. The fraction of sp³-hybridized carbons (Fsp3) is 0.364. The van der Waals surface area contributed by atoms with Crippen LogP contribution >= 0.6 is 17.0 Å². The quantitative estimate of drug-likeness (QED) is 0.327. The standard InChI is InChI=1S/C10H13N3.C7H7N3.2C2H6.CH4.BrH/c1-3-13-9-7-5-4-6-8(9)12(2)10(13)11;8-7-9-5-3-1-2-4-6(5)10-7;2*1-2;;/h4-7,11H,3H2,1-2H3;1-4H,(H3,8,9,10);2*1-2H3;1H4;1H. The van der Waals surface area contributed by atoms with Gasteiger partial charge in [0.15, 0.2) is 5.95 Å². The van der Waals surface area contributed by atoms with Crippen LogP contribution in [0.1, 0.15) is 42.0 Å². The summed E-state index contributed by atoms with van der Waals surface area (Å²) in [5, 5.41) is 7.85. The number of aromatic nitrogens is 4. The normalized spacial score (nSPS) is 8.90. The van der Waals surface area contributed by atoms with Gasteiger partial charge in [0.1, 0.15) is 0 Å². The van der Waals surface area contributed by atoms with Crippen LogP contribution in [0, 0.1) is 5.41 Å². The summed E-state index contributed by atoms with van der Waals surface area (Å²) < 4.78 is 3.90. The molecule has 6 nitrogen and oxygen atoms in total. The molecule has 2 heterocycles. The number of benzene rings is 2. The number of nitrogens with zero attached hydrogens (tertiary/aromatic N) is 3. The first-order valence-corrected chi connectivity index (χ1v) is 9.51. The summed E-state index contributed by atoms with van der Waals surface area (Å²) in [5.41, 5.74) is 10.1. The van der Waals surface area contributed by atoms with Gasteiger partial charge >= 0.3 is 0 Å². The van der Waals surface area contributed by atoms with Gasteiger partial charge in [0.25, 0.3) is 0 Å². The Morgan fingerprint density at radius 3 is 2.03 bits per heavy atom. The number of para-hydroxylation sites is 4. The number of H-pyrrole nitrogens is 1. The number of hydrogen-bond acceptors (Lipinski definition) is 3. The van der Waals surface area contributed by atoms with Gasteiger partial charge in [-0.1, -0.05) is 59.4 Å². The van der Waals surface area contributed by atoms with Crippen molar-refractivity contribution in [2.75, 3.05) is 5.73 Å². The molecule has 4 aromatic rings. The number of fused-ring (bicyclic) bond motifs is 2. The highest BCUT2D eigenvalue weighted by Gasteiger charge is 2.04. The number of anilines is 1. The molecule has 29 heavy (non-hydrogen) atoms. The highest BCUT2D eigenvalue weighted by Crippen LogP contribution is 2.11. The van der Waals surface area contributed by atoms with Gasteiger partial charge in [0.05, 0.1) is 22.1 Å². The highest BCUT2D eigenvalue weighted by molar-refractivity contribution is 8.93. The molecule has 162 valence electrons. The van der Waals surface area contributed by atoms with Gasteiger partial charge in [-0.3, -0.25) is 5.41 Å². The number of aromatic amines is 1. The molecule has 0 radical (unpaired) electrons. The van der Waals surface area contributed by atoms with Crippen molar-refractivity contribution < 1.29 is 0 Å². The highest BCUT2D eigenvalue weighted by atomic mass is 79.9. The van der Waals surface area contributed by atoms with E-state index in [1.807, 2.05) is 86.3 Å². The van der Waals surface area contributed by atoms with E-state index in [9.17, 15) is 0 Å². The smallest absolute Gasteiger partial charge is 0.202 e. The van der Waals surface area contributed by atoms with E-state index in [-0.39, 0.29) is 24.4 Å². The number of hydrogen-bond donors (Lipinski definition) is 3. The van der Waals surface area contributed by atoms with Gasteiger partial charge in [-0.2, -0.15) is 0 Å². The summed E-state index contributed by atoms with van der Waals surface area (Å²) in [6, 6.07) is 15.8. The summed E-state index contributed by atoms with van der Waals surface area (Å²) in [6.07, 6.45) is 0. The molecule has 0 spiro atoms. The zero-order chi connectivity index (χ0) is 20.4. The number of nitrogens with two attached hydrogens (primary N) is 1. The Morgan fingerprint density at radius 1 is 0.966 bits per heavy atom. The first-order chi connectivity index (χ1) is 13.1. The van der Waals surface area contributed by atoms with E-state index in [4.69, 9.17) is 11.1 Å². The summed E-state index contributed by atoms with van der Waals surface area (Å²) in [4.78, 5) is 6.96. The molecule has 4 N–H and O–H groups in total. The maximum absolute atomic E-state index is 7.85. The lowest BCUT2D eigenvalue weighted by Gasteiger charge is -1.96. The monoisotopic (exact) mass is 464 g/mol. The van der Waals surface area contributed by atoms with E-state index < -0.39 is 0 Å². The number of aryl methyl sites for hydroxylation is 2. The van der Waals surface area contributed by atoms with Crippen molar-refractivity contribution in [2.24, 2.45) is 7.05 Å². The molecule has 0 aliphatic heterocycles. The molecule has 0 aliphatic rings. The maximum atomic E-state index is 7.85. The lowest BCUT2D eigenvalue weighted by Crippen LogP contribution is -2.21. The van der Waals surface area contributed by atoms with E-state index in [0.29, 0.717) is 11.6 Å². The Morgan fingerprint density at radius 2 is 1.48 bits per heavy atom. The second-order valence-electron chi connectivity index (χ2n) is 5.25. The van der Waals surface area contributed by atoms with Crippen molar-refractivity contribution in [3.8, 4) is 0 Å². The van der Waals surface area contributed by atoms with Gasteiger partial charge in [0, 0.05) is 13.6 Å². The number of halogens is 1. The van der Waals surface area contributed by atoms with Crippen molar-refractivity contribution in [3.05, 3.63) is 54.1 Å². The van der Waals surface area contributed by atoms with Crippen LogP contribution in [0.2, 0.25) is 0 Å². The number of rotatable bonds is 1. The fourth-order valence-electron chi connectivity index (χ4n) is 2.68. The first kappa shape index (κ1) is 28.7. The minimum absolute atomic E-state index is 0. The van der Waals surface area contributed by atoms with Gasteiger partial charge in [-0.05, 0) is 31.2 Å². The molecular formula is C22H37BrN6. The van der Waals surface area contributed by atoms with Crippen LogP contribution in [-0.4, -0.2) is 19.1 Å². The largest absolute Gasteiger partial charge is 0.369 e. The lowest BCUT2D eigenvalue weighted by atomic mass is 10.3. The third-order valence-electron chi connectivity index (χ3n) is 3.83. The van der Waals surface area contributed by atoms with Crippen LogP contribution in [0.3, 0.4) is 0 Å². The minimum atomic E-state index is 0. The second-order valence-corrected chi connectivity index (χ2v) is 5.25. The third kappa shape index (κ3) is 6.78. The minimum Gasteiger partial charge on any atom is -0.369 e. The average molecular weight is 465 g/mol. The molecule has 0 saturated carbocycles. The molecule has 0 unspecified atom stereocenters. The van der Waals surface area contributed by atoms with Crippen LogP contribution in [0.15, 0.2) is 48.5 Å². The molecule has 0 amide bonds. The molecule has 0 saturated heterocycles. The summed E-state index contributed by atoms with van der Waals surface area (Å²) in [5.74, 6) is 0.473. The molecule has 2 aromatic heterocycles. The average Bonchev–Trinajstić information content (AvgIpc) is 3.22. The predicted molar refractivity (Wildman–Crippen MR) is 133 cm³/mol. The Hall–Kier alpha value is -2.54. The third-order valence-corrected chi connectivity index (χ3v) is 3.83. The predicted octanol–water partition coefficient (Wildman–Crippen LogP) is 5.89. The van der Waals surface area contributed by atoms with Crippen molar-refractivity contribution >= 4 is 45.0 Å². The molecule has 0 atom stereocenters. The van der Waals surface area contributed by atoms with Crippen LogP contribution in [-0.2, 0) is 13.6 Å². The molecule has 0 fully saturated rings. The molecular weight excluding hydrogens is 428 g/mol. The van der Waals surface area contributed by atoms with E-state index in [0.717, 1.165) is 28.6 Å². The van der Waals surface area contributed by atoms with E-state index in [1.54, 1.807) is 0 Å². The van der Waals surface area contributed by atoms with E-state index >= 15 is 0 Å². The zero-order valence-electron chi connectivity index (χ0n) is 17.7. The first-order valence-electron chi connectivity index (χ1n) is 9.51. The maximum Gasteiger partial charge on any atom is 0.202 e. The Bertz CT molecular complexity index is 980. The topological polar surface area (TPSA) is 88.4 Å². The fourth-order valence-corrected chi connectivity index (χ4v) is 2.68. The summed E-state index contributed by atoms with van der Waals surface area (Å²) in [7, 11) is 1.93. The zero-order valence-corrected chi connectivity index (χ0v) is 19.4. The van der Waals surface area contributed by atoms with E-state index in [2.05, 4.69) is 23.0 Å². The Balaban J connectivity index is 0. The molecule has 0 aliphatic carbocycles. The second kappa shape index (κ2) is 14.5. The van der Waals surface area contributed by atoms with Crippen molar-refractivity contribution in [1.29, 1.82) is 5.41 Å². The van der Waals surface area contributed by atoms with Crippen LogP contribution in [0.4, 0.5) is 5.95 Å². The van der Waals surface area contributed by atoms with Gasteiger partial charge in [-0.25, -0.2) is 4.98 Å². The van der Waals surface area contributed by atoms with Crippen LogP contribution in [0.25, 0.3) is 22.1 Å². The van der Waals surface area contributed by atoms with Crippen LogP contribution < -0.4 is 11.4 Å². The molecule has 4 rings (SSSR count). The molecule has 0 bridgehead atoms. The number of nitrogen functional groups attached to an aromatic ring is 1. The Labute approximate surface area is 185 Å². The van der Waals surface area contributed by atoms with Crippen molar-refractivity contribution in [1.82, 2.24) is 19.1 Å². The molecule has 7 heteroatoms. The van der Waals surface area contributed by atoms with Crippen molar-refractivity contribution in [3.63, 3.8) is 0 Å². The summed E-state index contributed by atoms with van der Waals surface area (Å²) in [6.45, 7) is 10.9. The van der Waals surface area contributed by atoms with Gasteiger partial charge in [-0.15, -0.1) is 17.0 Å². The van der Waals surface area contributed by atoms with Gasteiger partial charge < -0.3 is 19.9 Å².